The smallest absolute Gasteiger partial charge is 0.255 e. The average Bonchev–Trinajstić information content (AvgIpc) is 2.87. The highest BCUT2D eigenvalue weighted by Crippen LogP contribution is 2.21. The van der Waals surface area contributed by atoms with Crippen LogP contribution in [0.15, 0.2) is 87.3 Å². The SMILES string of the molecule is COc1ccc(Br)cc1C=NNC(=O)CN(CCc1ccccc1)S(=O)(=O)c1ccc(NC(C)=O)cc1. The molecule has 2 N–H and O–H groups in total. The van der Waals surface area contributed by atoms with Crippen molar-refractivity contribution < 1.29 is 22.7 Å². The molecule has 0 heterocycles. The normalized spacial score (nSPS) is 11.5. The van der Waals surface area contributed by atoms with Crippen molar-refractivity contribution in [3.05, 3.63) is 88.4 Å². The number of anilines is 1. The first-order valence-corrected chi connectivity index (χ1v) is 13.5. The molecule has 0 spiro atoms. The second-order valence-corrected chi connectivity index (χ2v) is 10.8. The number of hydrogen-bond acceptors (Lipinski definition) is 6. The van der Waals surface area contributed by atoms with Crippen molar-refractivity contribution in [2.45, 2.75) is 18.2 Å². The van der Waals surface area contributed by atoms with Gasteiger partial charge < -0.3 is 10.1 Å². The lowest BCUT2D eigenvalue weighted by Crippen LogP contribution is -2.40. The summed E-state index contributed by atoms with van der Waals surface area (Å²) in [5, 5.41) is 6.57. The summed E-state index contributed by atoms with van der Waals surface area (Å²) >= 11 is 3.38. The zero-order chi connectivity index (χ0) is 26.8. The molecule has 37 heavy (non-hydrogen) atoms. The van der Waals surface area contributed by atoms with E-state index in [1.165, 1.54) is 44.5 Å². The number of hydrogen-bond donors (Lipinski definition) is 2. The summed E-state index contributed by atoms with van der Waals surface area (Å²) in [5.41, 5.74) is 4.42. The van der Waals surface area contributed by atoms with E-state index in [9.17, 15) is 18.0 Å². The Morgan fingerprint density at radius 2 is 1.76 bits per heavy atom. The molecule has 0 aliphatic rings. The number of carbonyl (C=O) groups is 2. The van der Waals surface area contributed by atoms with Gasteiger partial charge in [-0.25, -0.2) is 13.8 Å². The topological polar surface area (TPSA) is 117 Å². The number of nitrogens with one attached hydrogen (secondary N) is 2. The number of benzene rings is 3. The Bertz CT molecular complexity index is 1360. The van der Waals surface area contributed by atoms with Crippen LogP contribution in [-0.4, -0.2) is 51.0 Å². The molecule has 0 bridgehead atoms. The Morgan fingerprint density at radius 3 is 2.41 bits per heavy atom. The molecule has 194 valence electrons. The van der Waals surface area contributed by atoms with Gasteiger partial charge in [-0.3, -0.25) is 9.59 Å². The molecule has 9 nitrogen and oxygen atoms in total. The lowest BCUT2D eigenvalue weighted by atomic mass is 10.1. The van der Waals surface area contributed by atoms with E-state index in [2.05, 4.69) is 31.8 Å². The third-order valence-corrected chi connectivity index (χ3v) is 7.56. The molecular formula is C26H27BrN4O5S. The van der Waals surface area contributed by atoms with Gasteiger partial charge in [0.05, 0.1) is 24.8 Å². The maximum atomic E-state index is 13.4. The Hall–Kier alpha value is -3.54. The summed E-state index contributed by atoms with van der Waals surface area (Å²) in [6.07, 6.45) is 1.83. The predicted molar refractivity (Wildman–Crippen MR) is 146 cm³/mol. The van der Waals surface area contributed by atoms with Gasteiger partial charge in [0, 0.05) is 29.2 Å². The second-order valence-electron chi connectivity index (χ2n) is 7.96. The monoisotopic (exact) mass is 586 g/mol. The lowest BCUT2D eigenvalue weighted by Gasteiger charge is -2.21. The molecule has 3 rings (SSSR count). The molecule has 0 fully saturated rings. The predicted octanol–water partition coefficient (Wildman–Crippen LogP) is 3.80. The highest BCUT2D eigenvalue weighted by atomic mass is 79.9. The van der Waals surface area contributed by atoms with Crippen molar-refractivity contribution >= 4 is 49.7 Å². The van der Waals surface area contributed by atoms with E-state index < -0.39 is 22.5 Å². The number of sulfonamides is 1. The van der Waals surface area contributed by atoms with Gasteiger partial charge in [0.1, 0.15) is 5.75 Å². The quantitative estimate of drug-likeness (QED) is 0.262. The van der Waals surface area contributed by atoms with E-state index in [-0.39, 0.29) is 17.3 Å². The van der Waals surface area contributed by atoms with Crippen LogP contribution >= 0.6 is 15.9 Å². The summed E-state index contributed by atoms with van der Waals surface area (Å²) in [5.74, 6) is -0.300. The van der Waals surface area contributed by atoms with Crippen LogP contribution in [0.5, 0.6) is 5.75 Å². The van der Waals surface area contributed by atoms with E-state index in [0.717, 1.165) is 14.3 Å². The molecule has 11 heteroatoms. The van der Waals surface area contributed by atoms with Crippen molar-refractivity contribution in [2.24, 2.45) is 5.10 Å². The molecule has 0 saturated carbocycles. The lowest BCUT2D eigenvalue weighted by molar-refractivity contribution is -0.121. The molecule has 3 aromatic carbocycles. The number of amides is 2. The third-order valence-electron chi connectivity index (χ3n) is 5.21. The minimum atomic E-state index is -4.02. The average molecular weight is 587 g/mol. The van der Waals surface area contributed by atoms with Crippen molar-refractivity contribution in [3.8, 4) is 5.75 Å². The number of carbonyl (C=O) groups excluding carboxylic acids is 2. The number of ether oxygens (including phenoxy) is 1. The molecule has 2 amide bonds. The summed E-state index contributed by atoms with van der Waals surface area (Å²) in [6, 6.07) is 20.5. The van der Waals surface area contributed by atoms with Crippen molar-refractivity contribution in [1.29, 1.82) is 0 Å². The highest BCUT2D eigenvalue weighted by Gasteiger charge is 2.26. The van der Waals surface area contributed by atoms with Gasteiger partial charge in [-0.1, -0.05) is 46.3 Å². The third kappa shape index (κ3) is 8.24. The Kier molecular flexibility index (Phi) is 9.95. The van der Waals surface area contributed by atoms with Crippen molar-refractivity contribution in [1.82, 2.24) is 9.73 Å². The van der Waals surface area contributed by atoms with Crippen LogP contribution in [0.4, 0.5) is 5.69 Å². The molecule has 0 aliphatic carbocycles. The fraction of sp³-hybridized carbons (Fsp3) is 0.192. The molecule has 0 aliphatic heterocycles. The minimum absolute atomic E-state index is 0.00448. The highest BCUT2D eigenvalue weighted by molar-refractivity contribution is 9.10. The number of halogens is 1. The summed E-state index contributed by atoms with van der Waals surface area (Å²) in [4.78, 5) is 24.0. The first kappa shape index (κ1) is 28.0. The van der Waals surface area contributed by atoms with E-state index in [1.807, 2.05) is 36.4 Å². The first-order chi connectivity index (χ1) is 17.7. The Labute approximate surface area is 224 Å². The largest absolute Gasteiger partial charge is 0.496 e. The summed E-state index contributed by atoms with van der Waals surface area (Å²) < 4.78 is 34.1. The van der Waals surface area contributed by atoms with Crippen LogP contribution in [0, 0.1) is 0 Å². The molecule has 3 aromatic rings. The van der Waals surface area contributed by atoms with Gasteiger partial charge in [0.25, 0.3) is 5.91 Å². The van der Waals surface area contributed by atoms with E-state index in [4.69, 9.17) is 4.74 Å². The number of nitrogens with zero attached hydrogens (tertiary/aromatic N) is 2. The number of methoxy groups -OCH3 is 1. The molecular weight excluding hydrogens is 560 g/mol. The zero-order valence-corrected chi connectivity index (χ0v) is 22.8. The van der Waals surface area contributed by atoms with E-state index >= 15 is 0 Å². The van der Waals surface area contributed by atoms with Crippen LogP contribution in [-0.2, 0) is 26.0 Å². The maximum absolute atomic E-state index is 13.4. The molecule has 0 atom stereocenters. The van der Waals surface area contributed by atoms with Crippen molar-refractivity contribution in [2.75, 3.05) is 25.5 Å². The number of rotatable bonds is 11. The van der Waals surface area contributed by atoms with Crippen LogP contribution in [0.3, 0.4) is 0 Å². The Balaban J connectivity index is 1.77. The fourth-order valence-corrected chi connectivity index (χ4v) is 5.20. The minimum Gasteiger partial charge on any atom is -0.496 e. The van der Waals surface area contributed by atoms with E-state index in [1.54, 1.807) is 12.1 Å². The zero-order valence-electron chi connectivity index (χ0n) is 20.3. The van der Waals surface area contributed by atoms with Gasteiger partial charge in [0.2, 0.25) is 15.9 Å². The van der Waals surface area contributed by atoms with Crippen LogP contribution < -0.4 is 15.5 Å². The standard InChI is InChI=1S/C26H27BrN4O5S/c1-19(32)29-23-9-11-24(12-10-23)37(34,35)31(15-14-20-6-4-3-5-7-20)18-26(33)30-28-17-21-16-22(27)8-13-25(21)36-2/h3-13,16-17H,14-15,18H2,1-2H3,(H,29,32)(H,30,33). The maximum Gasteiger partial charge on any atom is 0.255 e. The fourth-order valence-electron chi connectivity index (χ4n) is 3.42. The summed E-state index contributed by atoms with van der Waals surface area (Å²) in [7, 11) is -2.50. The molecule has 0 aromatic heterocycles. The summed E-state index contributed by atoms with van der Waals surface area (Å²) in [6.45, 7) is 1.01. The molecule has 0 radical (unpaired) electrons. The Morgan fingerprint density at radius 1 is 1.05 bits per heavy atom. The van der Waals surface area contributed by atoms with Gasteiger partial charge in [-0.15, -0.1) is 0 Å². The van der Waals surface area contributed by atoms with Gasteiger partial charge in [0.15, 0.2) is 0 Å². The van der Waals surface area contributed by atoms with Gasteiger partial charge in [-0.2, -0.15) is 9.41 Å². The van der Waals surface area contributed by atoms with Gasteiger partial charge >= 0.3 is 0 Å². The molecule has 0 unspecified atom stereocenters. The van der Waals surface area contributed by atoms with Crippen LogP contribution in [0.1, 0.15) is 18.1 Å². The van der Waals surface area contributed by atoms with Crippen molar-refractivity contribution in [3.63, 3.8) is 0 Å². The van der Waals surface area contributed by atoms with Crippen LogP contribution in [0.2, 0.25) is 0 Å². The molecule has 0 saturated heterocycles. The first-order valence-electron chi connectivity index (χ1n) is 11.3. The van der Waals surface area contributed by atoms with Gasteiger partial charge in [-0.05, 0) is 54.4 Å². The number of hydrazone groups is 1. The van der Waals surface area contributed by atoms with E-state index in [0.29, 0.717) is 23.4 Å². The second kappa shape index (κ2) is 13.1. The van der Waals surface area contributed by atoms with Crippen LogP contribution in [0.25, 0.3) is 0 Å².